The summed E-state index contributed by atoms with van der Waals surface area (Å²) in [5.41, 5.74) is 4.15. The van der Waals surface area contributed by atoms with Crippen molar-refractivity contribution in [2.75, 3.05) is 0 Å². The number of carbonyl (C=O) groups excluding carboxylic acids is 4. The quantitative estimate of drug-likeness (QED) is 0.233. The third kappa shape index (κ3) is 11.2. The van der Waals surface area contributed by atoms with Gasteiger partial charge in [-0.05, 0) is 74.6 Å². The highest BCUT2D eigenvalue weighted by Gasteiger charge is 2.40. The molecular formula is C34H45N3O10S2. The Morgan fingerprint density at radius 1 is 0.531 bits per heavy atom. The molecule has 3 N–H and O–H groups in total. The second-order valence-electron chi connectivity index (χ2n) is 13.6. The summed E-state index contributed by atoms with van der Waals surface area (Å²) >= 11 is 0. The van der Waals surface area contributed by atoms with Crippen LogP contribution in [0.3, 0.4) is 0 Å². The molecule has 2 aliphatic rings. The molecular weight excluding hydrogens is 675 g/mol. The monoisotopic (exact) mass is 719 g/mol. The van der Waals surface area contributed by atoms with Crippen LogP contribution in [0, 0.1) is 24.7 Å². The summed E-state index contributed by atoms with van der Waals surface area (Å²) in [6.45, 7) is 3.61. The van der Waals surface area contributed by atoms with Crippen LogP contribution >= 0.6 is 0 Å². The Hall–Kier alpha value is -3.66. The molecule has 49 heavy (non-hydrogen) atoms. The SMILES string of the molecule is Cc1ccc(S(=O)(=O)ONC(=O)CC2(CC(=O)NC(=O)CC3(CC(=O)NOS(=O)(=O)c4ccc(C)cc4)CCCCC3)CCCCC2)cc1. The first kappa shape index (κ1) is 38.1. The summed E-state index contributed by atoms with van der Waals surface area (Å²) in [5.74, 6) is -2.54. The molecule has 2 aromatic carbocycles. The van der Waals surface area contributed by atoms with Crippen molar-refractivity contribution in [2.45, 2.75) is 114 Å². The van der Waals surface area contributed by atoms with E-state index in [0.29, 0.717) is 25.7 Å². The zero-order valence-electron chi connectivity index (χ0n) is 27.9. The van der Waals surface area contributed by atoms with Crippen molar-refractivity contribution in [1.82, 2.24) is 16.3 Å². The Morgan fingerprint density at radius 2 is 0.837 bits per heavy atom. The third-order valence-electron chi connectivity index (χ3n) is 9.40. The molecule has 0 saturated heterocycles. The van der Waals surface area contributed by atoms with Crippen LogP contribution in [0.25, 0.3) is 0 Å². The van der Waals surface area contributed by atoms with Crippen LogP contribution in [0.4, 0.5) is 0 Å². The Kier molecular flexibility index (Phi) is 12.7. The smallest absolute Gasteiger partial charge is 0.296 e. The van der Waals surface area contributed by atoms with Crippen LogP contribution < -0.4 is 16.3 Å². The van der Waals surface area contributed by atoms with Crippen molar-refractivity contribution >= 4 is 43.9 Å². The molecule has 268 valence electrons. The highest BCUT2D eigenvalue weighted by Crippen LogP contribution is 2.44. The van der Waals surface area contributed by atoms with Crippen molar-refractivity contribution in [3.63, 3.8) is 0 Å². The van der Waals surface area contributed by atoms with E-state index in [1.807, 2.05) is 11.0 Å². The van der Waals surface area contributed by atoms with Gasteiger partial charge in [-0.15, -0.1) is 8.57 Å². The highest BCUT2D eigenvalue weighted by atomic mass is 32.2. The molecule has 0 unspecified atom stereocenters. The van der Waals surface area contributed by atoms with Crippen LogP contribution in [0.5, 0.6) is 0 Å². The number of hydrogen-bond acceptors (Lipinski definition) is 10. The molecule has 0 bridgehead atoms. The van der Waals surface area contributed by atoms with E-state index in [1.54, 1.807) is 38.1 Å². The molecule has 0 aliphatic heterocycles. The molecule has 13 nitrogen and oxygen atoms in total. The minimum absolute atomic E-state index is 0.114. The van der Waals surface area contributed by atoms with Gasteiger partial charge in [-0.25, -0.2) is 11.0 Å². The lowest BCUT2D eigenvalue weighted by Gasteiger charge is -2.37. The van der Waals surface area contributed by atoms with Gasteiger partial charge in [0.1, 0.15) is 0 Å². The maximum Gasteiger partial charge on any atom is 0.317 e. The summed E-state index contributed by atoms with van der Waals surface area (Å²) in [7, 11) is -8.50. The predicted molar refractivity (Wildman–Crippen MR) is 178 cm³/mol. The summed E-state index contributed by atoms with van der Waals surface area (Å²) in [6.07, 6.45) is 6.40. The molecule has 2 aromatic rings. The zero-order valence-corrected chi connectivity index (χ0v) is 29.6. The van der Waals surface area contributed by atoms with Gasteiger partial charge in [-0.1, -0.05) is 73.9 Å². The lowest BCUT2D eigenvalue weighted by atomic mass is 9.69. The molecule has 0 aromatic heterocycles. The zero-order chi connectivity index (χ0) is 35.7. The van der Waals surface area contributed by atoms with Gasteiger partial charge in [-0.2, -0.15) is 16.8 Å². The molecule has 2 fully saturated rings. The molecule has 0 atom stereocenters. The fourth-order valence-electron chi connectivity index (χ4n) is 6.82. The summed E-state index contributed by atoms with van der Waals surface area (Å²) in [6, 6.07) is 11.9. The summed E-state index contributed by atoms with van der Waals surface area (Å²) in [5, 5.41) is 2.44. The number of rotatable bonds is 14. The molecule has 0 radical (unpaired) electrons. The lowest BCUT2D eigenvalue weighted by molar-refractivity contribution is -0.135. The van der Waals surface area contributed by atoms with Crippen LogP contribution in [0.15, 0.2) is 58.3 Å². The molecule has 4 rings (SSSR count). The van der Waals surface area contributed by atoms with Gasteiger partial charge < -0.3 is 0 Å². The number of nitrogens with one attached hydrogen (secondary N) is 3. The van der Waals surface area contributed by atoms with E-state index in [0.717, 1.165) is 49.7 Å². The Bertz CT molecular complexity index is 1580. The number of benzene rings is 2. The first-order valence-corrected chi connectivity index (χ1v) is 19.3. The predicted octanol–water partition coefficient (Wildman–Crippen LogP) is 4.58. The fraction of sp³-hybridized carbons (Fsp3) is 0.529. The first-order chi connectivity index (χ1) is 23.1. The standard InChI is InChI=1S/C34H45N3O10S2/c1-25-9-13-27(14-10-25)48(42,43)46-36-31(40)23-33(17-5-3-6-18-33)21-29(38)35-30(39)22-34(19-7-4-8-20-34)24-32(41)37-47-49(44,45)28-15-11-26(2)12-16-28/h9-16H,3-8,17-24H2,1-2H3,(H,36,40)(H,37,41)(H,35,38,39). The number of hydroxylamine groups is 2. The maximum atomic E-state index is 13.2. The Balaban J connectivity index is 1.33. The molecule has 2 saturated carbocycles. The van der Waals surface area contributed by atoms with Gasteiger partial charge in [0.25, 0.3) is 0 Å². The number of hydrogen-bond donors (Lipinski definition) is 3. The van der Waals surface area contributed by atoms with Gasteiger partial charge in [0.05, 0.1) is 9.79 Å². The minimum Gasteiger partial charge on any atom is -0.296 e. The molecule has 0 spiro atoms. The van der Waals surface area contributed by atoms with Gasteiger partial charge in [0.15, 0.2) is 0 Å². The number of imide groups is 1. The van der Waals surface area contributed by atoms with E-state index in [-0.39, 0.29) is 35.5 Å². The second kappa shape index (κ2) is 16.4. The van der Waals surface area contributed by atoms with Crippen molar-refractivity contribution in [3.05, 3.63) is 59.7 Å². The van der Waals surface area contributed by atoms with E-state index in [2.05, 4.69) is 5.32 Å². The first-order valence-electron chi connectivity index (χ1n) is 16.5. The Morgan fingerprint density at radius 3 is 1.16 bits per heavy atom. The van der Waals surface area contributed by atoms with Gasteiger partial charge >= 0.3 is 20.2 Å². The molecule has 0 heterocycles. The normalized spacial score (nSPS) is 17.4. The topological polar surface area (TPSA) is 191 Å². The maximum absolute atomic E-state index is 13.2. The largest absolute Gasteiger partial charge is 0.317 e. The van der Waals surface area contributed by atoms with Gasteiger partial charge in [-0.3, -0.25) is 24.5 Å². The van der Waals surface area contributed by atoms with E-state index >= 15 is 0 Å². The van der Waals surface area contributed by atoms with E-state index < -0.39 is 54.7 Å². The van der Waals surface area contributed by atoms with E-state index in [4.69, 9.17) is 8.57 Å². The van der Waals surface area contributed by atoms with Gasteiger partial charge in [0, 0.05) is 25.7 Å². The summed E-state index contributed by atoms with van der Waals surface area (Å²) in [4.78, 5) is 52.0. The minimum atomic E-state index is -4.25. The molecule has 4 amide bonds. The number of amides is 4. The van der Waals surface area contributed by atoms with Crippen LogP contribution in [-0.2, 0) is 48.0 Å². The van der Waals surface area contributed by atoms with Crippen LogP contribution in [-0.4, -0.2) is 40.5 Å². The average molecular weight is 720 g/mol. The third-order valence-corrected chi connectivity index (χ3v) is 11.7. The van der Waals surface area contributed by atoms with Crippen molar-refractivity contribution in [3.8, 4) is 0 Å². The Labute approximate surface area is 288 Å². The van der Waals surface area contributed by atoms with Gasteiger partial charge in [0.2, 0.25) is 23.6 Å². The highest BCUT2D eigenvalue weighted by molar-refractivity contribution is 7.87. The van der Waals surface area contributed by atoms with Crippen molar-refractivity contribution in [1.29, 1.82) is 0 Å². The number of carbonyl (C=O) groups is 4. The second-order valence-corrected chi connectivity index (χ2v) is 16.6. The van der Waals surface area contributed by atoms with Crippen LogP contribution in [0.1, 0.15) is 101 Å². The van der Waals surface area contributed by atoms with Crippen molar-refractivity contribution in [2.24, 2.45) is 10.8 Å². The molecule has 15 heteroatoms. The average Bonchev–Trinajstić information content (AvgIpc) is 3.04. The lowest BCUT2D eigenvalue weighted by Crippen LogP contribution is -2.42. The van der Waals surface area contributed by atoms with E-state index in [9.17, 15) is 36.0 Å². The summed E-state index contributed by atoms with van der Waals surface area (Å²) < 4.78 is 59.7. The molecule has 2 aliphatic carbocycles. The number of aryl methyl sites for hydroxylation is 2. The van der Waals surface area contributed by atoms with E-state index in [1.165, 1.54) is 24.3 Å². The van der Waals surface area contributed by atoms with Crippen molar-refractivity contribution < 1.29 is 44.6 Å². The van der Waals surface area contributed by atoms with Crippen LogP contribution in [0.2, 0.25) is 0 Å². The fourth-order valence-corrected chi connectivity index (χ4v) is 8.36.